The van der Waals surface area contributed by atoms with E-state index in [0.29, 0.717) is 12.4 Å². The molecule has 37 heavy (non-hydrogen) atoms. The van der Waals surface area contributed by atoms with Crippen molar-refractivity contribution < 1.29 is 14.3 Å². The van der Waals surface area contributed by atoms with Crippen LogP contribution in [0.25, 0.3) is 5.69 Å². The number of methoxy groups -OCH3 is 1. The van der Waals surface area contributed by atoms with Crippen molar-refractivity contribution in [1.82, 2.24) is 15.1 Å². The lowest BCUT2D eigenvalue weighted by Crippen LogP contribution is -2.42. The van der Waals surface area contributed by atoms with Crippen molar-refractivity contribution in [2.24, 2.45) is 0 Å². The Morgan fingerprint density at radius 2 is 1.86 bits per heavy atom. The molecule has 1 atom stereocenters. The minimum atomic E-state index is -0.299. The van der Waals surface area contributed by atoms with Gasteiger partial charge in [-0.3, -0.25) is 14.5 Å². The molecule has 0 spiro atoms. The molecule has 1 aliphatic rings. The number of hydrogen-bond acceptors (Lipinski definition) is 5. The van der Waals surface area contributed by atoms with Crippen LogP contribution in [-0.2, 0) is 15.0 Å². The number of hydrogen-bond donors (Lipinski definition) is 1. The molecule has 8 heteroatoms. The van der Waals surface area contributed by atoms with Crippen LogP contribution in [0, 0.1) is 6.92 Å². The second-order valence-corrected chi connectivity index (χ2v) is 11.4. The number of anilines is 1. The van der Waals surface area contributed by atoms with Crippen molar-refractivity contribution in [3.8, 4) is 11.4 Å². The first-order valence-corrected chi connectivity index (χ1v) is 13.7. The Balaban J connectivity index is 2.00. The maximum absolute atomic E-state index is 13.7. The number of ether oxygens (including phenoxy) is 1. The molecular weight excluding hydrogens is 484 g/mol. The van der Waals surface area contributed by atoms with Crippen LogP contribution in [-0.4, -0.2) is 47.5 Å². The number of benzene rings is 2. The second kappa shape index (κ2) is 11.0. The molecule has 2 amide bonds. The molecule has 196 valence electrons. The van der Waals surface area contributed by atoms with Crippen LogP contribution in [0.4, 0.5) is 5.82 Å². The summed E-state index contributed by atoms with van der Waals surface area (Å²) in [5.41, 5.74) is 4.70. The van der Waals surface area contributed by atoms with Crippen LogP contribution < -0.4 is 15.0 Å². The molecule has 0 unspecified atom stereocenters. The van der Waals surface area contributed by atoms with E-state index >= 15 is 0 Å². The summed E-state index contributed by atoms with van der Waals surface area (Å²) in [6.45, 7) is 11.0. The van der Waals surface area contributed by atoms with E-state index in [9.17, 15) is 9.59 Å². The van der Waals surface area contributed by atoms with E-state index < -0.39 is 0 Å². The van der Waals surface area contributed by atoms with Crippen molar-refractivity contribution in [2.45, 2.75) is 51.7 Å². The van der Waals surface area contributed by atoms with Crippen LogP contribution in [0.3, 0.4) is 0 Å². The quantitative estimate of drug-likeness (QED) is 0.464. The van der Waals surface area contributed by atoms with E-state index in [2.05, 4.69) is 45.1 Å². The maximum atomic E-state index is 13.7. The molecule has 1 N–H and O–H groups in total. The summed E-state index contributed by atoms with van der Waals surface area (Å²) in [5.74, 6) is 1.37. The third kappa shape index (κ3) is 5.54. The van der Waals surface area contributed by atoms with E-state index in [1.807, 2.05) is 48.0 Å². The van der Waals surface area contributed by atoms with Gasteiger partial charge in [0.25, 0.3) is 0 Å². The third-order valence-corrected chi connectivity index (χ3v) is 7.70. The van der Waals surface area contributed by atoms with Crippen molar-refractivity contribution in [2.75, 3.05) is 30.9 Å². The summed E-state index contributed by atoms with van der Waals surface area (Å²) in [6.07, 6.45) is 0.827. The molecule has 0 saturated carbocycles. The highest BCUT2D eigenvalue weighted by Crippen LogP contribution is 2.49. The maximum Gasteiger partial charge on any atom is 0.240 e. The standard InChI is InChI=1S/C29H36N4O3S/c1-7-16-30-23(34)17-32-24(35)18-37-26(22-11-9-8-10-19(22)2)25-27(29(3,4)5)31-33(28(25)32)20-12-14-21(36-6)15-13-20/h8-15,26H,7,16-18H2,1-6H3,(H,30,34)/t26-/m0/s1. The number of amides is 2. The van der Waals surface area contributed by atoms with E-state index in [0.717, 1.165) is 40.2 Å². The molecule has 0 fully saturated rings. The first-order valence-electron chi connectivity index (χ1n) is 12.7. The van der Waals surface area contributed by atoms with Crippen LogP contribution in [0.5, 0.6) is 5.75 Å². The number of aromatic nitrogens is 2. The fraction of sp³-hybridized carbons (Fsp3) is 0.414. The zero-order valence-electron chi connectivity index (χ0n) is 22.5. The van der Waals surface area contributed by atoms with Gasteiger partial charge in [-0.15, -0.1) is 11.8 Å². The molecule has 0 radical (unpaired) electrons. The number of nitrogens with one attached hydrogen (secondary N) is 1. The Hall–Kier alpha value is -3.26. The van der Waals surface area contributed by atoms with E-state index in [1.165, 1.54) is 0 Å². The molecule has 0 aliphatic carbocycles. The van der Waals surface area contributed by atoms with Gasteiger partial charge < -0.3 is 10.1 Å². The highest BCUT2D eigenvalue weighted by atomic mass is 32.2. The Kier molecular flexibility index (Phi) is 7.97. The number of fused-ring (bicyclic) bond motifs is 1. The van der Waals surface area contributed by atoms with Gasteiger partial charge in [-0.25, -0.2) is 4.68 Å². The smallest absolute Gasteiger partial charge is 0.240 e. The zero-order valence-corrected chi connectivity index (χ0v) is 23.3. The summed E-state index contributed by atoms with van der Waals surface area (Å²) < 4.78 is 7.19. The molecule has 1 aliphatic heterocycles. The van der Waals surface area contributed by atoms with E-state index in [1.54, 1.807) is 23.8 Å². The lowest BCUT2D eigenvalue weighted by molar-refractivity contribution is -0.122. The fourth-order valence-electron chi connectivity index (χ4n) is 4.57. The van der Waals surface area contributed by atoms with E-state index in [4.69, 9.17) is 9.84 Å². The van der Waals surface area contributed by atoms with Crippen molar-refractivity contribution in [3.05, 3.63) is 70.9 Å². The average molecular weight is 521 g/mol. The molecule has 1 aromatic heterocycles. The van der Waals surface area contributed by atoms with Crippen molar-refractivity contribution in [1.29, 1.82) is 0 Å². The molecule has 2 heterocycles. The zero-order chi connectivity index (χ0) is 26.7. The van der Waals surface area contributed by atoms with Crippen LogP contribution in [0.15, 0.2) is 48.5 Å². The van der Waals surface area contributed by atoms with Gasteiger partial charge in [-0.2, -0.15) is 5.10 Å². The Morgan fingerprint density at radius 1 is 1.16 bits per heavy atom. The highest BCUT2D eigenvalue weighted by Gasteiger charge is 2.40. The summed E-state index contributed by atoms with van der Waals surface area (Å²) in [7, 11) is 1.63. The van der Waals surface area contributed by atoms with Crippen LogP contribution in [0.1, 0.15) is 61.7 Å². The van der Waals surface area contributed by atoms with Crippen LogP contribution in [0.2, 0.25) is 0 Å². The number of carbonyl (C=O) groups excluding carboxylic acids is 2. The molecule has 0 saturated heterocycles. The molecule has 4 rings (SSSR count). The molecule has 7 nitrogen and oxygen atoms in total. The second-order valence-electron chi connectivity index (χ2n) is 10.3. The Bertz CT molecular complexity index is 1280. The van der Waals surface area contributed by atoms with Gasteiger partial charge >= 0.3 is 0 Å². The summed E-state index contributed by atoms with van der Waals surface area (Å²) >= 11 is 1.60. The largest absolute Gasteiger partial charge is 0.497 e. The van der Waals surface area contributed by atoms with Crippen molar-refractivity contribution in [3.63, 3.8) is 0 Å². The third-order valence-electron chi connectivity index (χ3n) is 6.46. The summed E-state index contributed by atoms with van der Waals surface area (Å²) in [5, 5.41) is 7.95. The normalized spacial score (nSPS) is 15.8. The van der Waals surface area contributed by atoms with Gasteiger partial charge in [0, 0.05) is 17.5 Å². The van der Waals surface area contributed by atoms with Gasteiger partial charge in [0.05, 0.1) is 29.5 Å². The fourth-order valence-corrected chi connectivity index (χ4v) is 5.86. The Labute approximate surface area is 223 Å². The SMILES string of the molecule is CCCNC(=O)CN1C(=O)CS[C@@H](c2ccccc2C)c2c(C(C)(C)C)nn(-c3ccc(OC)cc3)c21. The molecular formula is C29H36N4O3S. The number of thioether (sulfide) groups is 1. The van der Waals surface area contributed by atoms with Gasteiger partial charge in [0.2, 0.25) is 11.8 Å². The lowest BCUT2D eigenvalue weighted by atomic mass is 9.86. The van der Waals surface area contributed by atoms with Gasteiger partial charge in [-0.1, -0.05) is 52.0 Å². The minimum Gasteiger partial charge on any atom is -0.497 e. The van der Waals surface area contributed by atoms with E-state index in [-0.39, 0.29) is 34.8 Å². The first-order chi connectivity index (χ1) is 17.7. The summed E-state index contributed by atoms with van der Waals surface area (Å²) in [6, 6.07) is 15.9. The molecule has 2 aromatic carbocycles. The summed E-state index contributed by atoms with van der Waals surface area (Å²) in [4.78, 5) is 28.2. The number of carbonyl (C=O) groups is 2. The highest BCUT2D eigenvalue weighted by molar-refractivity contribution is 8.00. The number of nitrogens with zero attached hydrogens (tertiary/aromatic N) is 3. The van der Waals surface area contributed by atoms with Crippen molar-refractivity contribution >= 4 is 29.4 Å². The van der Waals surface area contributed by atoms with Gasteiger partial charge in [0.15, 0.2) is 0 Å². The monoisotopic (exact) mass is 520 g/mol. The van der Waals surface area contributed by atoms with Crippen LogP contribution >= 0.6 is 11.8 Å². The average Bonchev–Trinajstić information content (AvgIpc) is 3.22. The molecule has 0 bridgehead atoms. The number of aryl methyl sites for hydroxylation is 1. The first kappa shape index (κ1) is 26.8. The molecule has 3 aromatic rings. The minimum absolute atomic E-state index is 0.0572. The Morgan fingerprint density at radius 3 is 2.49 bits per heavy atom. The number of rotatable bonds is 7. The lowest BCUT2D eigenvalue weighted by Gasteiger charge is -2.25. The van der Waals surface area contributed by atoms with Gasteiger partial charge in [0.1, 0.15) is 18.1 Å². The predicted octanol–water partition coefficient (Wildman–Crippen LogP) is 5.18. The topological polar surface area (TPSA) is 76.5 Å². The predicted molar refractivity (Wildman–Crippen MR) is 150 cm³/mol. The van der Waals surface area contributed by atoms with Gasteiger partial charge in [-0.05, 0) is 48.7 Å².